The van der Waals surface area contributed by atoms with Crippen LogP contribution in [0.2, 0.25) is 0 Å². The third-order valence-electron chi connectivity index (χ3n) is 2.58. The average Bonchev–Trinajstić information content (AvgIpc) is 2.48. The molecule has 0 fully saturated rings. The Kier molecular flexibility index (Phi) is 4.54. The molecule has 0 saturated heterocycles. The molecule has 4 N–H and O–H groups in total. The molecule has 2 rings (SSSR count). The molecule has 1 aromatic heterocycles. The van der Waals surface area contributed by atoms with Gasteiger partial charge in [-0.2, -0.15) is 0 Å². The van der Waals surface area contributed by atoms with E-state index in [9.17, 15) is 4.79 Å². The Balaban J connectivity index is 2.20. The first-order valence-electron chi connectivity index (χ1n) is 5.71. The molecule has 0 aliphatic carbocycles. The minimum absolute atomic E-state index is 0.305. The van der Waals surface area contributed by atoms with Crippen LogP contribution >= 0.6 is 15.9 Å². The van der Waals surface area contributed by atoms with Crippen molar-refractivity contribution in [3.63, 3.8) is 0 Å². The van der Waals surface area contributed by atoms with E-state index in [0.717, 1.165) is 5.75 Å². The van der Waals surface area contributed by atoms with Crippen molar-refractivity contribution in [2.45, 2.75) is 0 Å². The Morgan fingerprint density at radius 2 is 2.05 bits per heavy atom. The van der Waals surface area contributed by atoms with Gasteiger partial charge in [0.1, 0.15) is 5.75 Å². The highest BCUT2D eigenvalue weighted by atomic mass is 79.9. The number of anilines is 2. The molecule has 0 aliphatic heterocycles. The zero-order chi connectivity index (χ0) is 14.5. The molecule has 0 atom stereocenters. The summed E-state index contributed by atoms with van der Waals surface area (Å²) in [4.78, 5) is 16.2. The third-order valence-corrected chi connectivity index (χ3v) is 3.02. The lowest BCUT2D eigenvalue weighted by molar-refractivity contribution is 0.102. The molecular weight excluding hydrogens is 324 g/mol. The van der Waals surface area contributed by atoms with Crippen molar-refractivity contribution in [2.75, 3.05) is 17.9 Å². The van der Waals surface area contributed by atoms with Gasteiger partial charge >= 0.3 is 0 Å². The number of hydrogen-bond acceptors (Lipinski definition) is 5. The van der Waals surface area contributed by atoms with Gasteiger partial charge in [-0.15, -0.1) is 0 Å². The lowest BCUT2D eigenvalue weighted by atomic mass is 10.2. The molecule has 1 amide bonds. The van der Waals surface area contributed by atoms with Crippen molar-refractivity contribution < 1.29 is 9.53 Å². The molecule has 104 valence electrons. The van der Waals surface area contributed by atoms with Gasteiger partial charge < -0.3 is 15.5 Å². The van der Waals surface area contributed by atoms with Gasteiger partial charge in [-0.25, -0.2) is 10.8 Å². The van der Waals surface area contributed by atoms with E-state index in [0.29, 0.717) is 21.5 Å². The smallest absolute Gasteiger partial charge is 0.259 e. The molecular formula is C13H13BrN4O2. The summed E-state index contributed by atoms with van der Waals surface area (Å²) in [5.41, 5.74) is 3.39. The lowest BCUT2D eigenvalue weighted by Crippen LogP contribution is -2.18. The zero-order valence-electron chi connectivity index (χ0n) is 10.7. The SMILES string of the molecule is COc1ccc(NC(=O)c2cc(Br)cnc2NN)cc1. The summed E-state index contributed by atoms with van der Waals surface area (Å²) in [5.74, 6) is 6.06. The van der Waals surface area contributed by atoms with Crippen LogP contribution in [-0.2, 0) is 0 Å². The molecule has 0 saturated carbocycles. The molecule has 2 aromatic rings. The fourth-order valence-electron chi connectivity index (χ4n) is 1.60. The number of rotatable bonds is 4. The molecule has 1 heterocycles. The summed E-state index contributed by atoms with van der Waals surface area (Å²) in [7, 11) is 1.58. The summed E-state index contributed by atoms with van der Waals surface area (Å²) in [6.45, 7) is 0. The number of amides is 1. The van der Waals surface area contributed by atoms with Gasteiger partial charge in [-0.3, -0.25) is 4.79 Å². The van der Waals surface area contributed by atoms with Crippen LogP contribution in [-0.4, -0.2) is 18.0 Å². The van der Waals surface area contributed by atoms with Crippen LogP contribution in [0.1, 0.15) is 10.4 Å². The minimum atomic E-state index is -0.308. The number of pyridine rings is 1. The fraction of sp³-hybridized carbons (Fsp3) is 0.0769. The predicted molar refractivity (Wildman–Crippen MR) is 80.7 cm³/mol. The zero-order valence-corrected chi connectivity index (χ0v) is 12.3. The van der Waals surface area contributed by atoms with Gasteiger partial charge in [0.25, 0.3) is 5.91 Å². The van der Waals surface area contributed by atoms with Crippen molar-refractivity contribution in [3.05, 3.63) is 46.6 Å². The summed E-state index contributed by atoms with van der Waals surface area (Å²) in [6, 6.07) is 8.66. The fourth-order valence-corrected chi connectivity index (χ4v) is 1.93. The van der Waals surface area contributed by atoms with E-state index in [1.165, 1.54) is 0 Å². The number of aromatic nitrogens is 1. The Bertz CT molecular complexity index is 616. The number of nitrogen functional groups attached to an aromatic ring is 1. The second-order valence-corrected chi connectivity index (χ2v) is 4.79. The lowest BCUT2D eigenvalue weighted by Gasteiger charge is -2.09. The van der Waals surface area contributed by atoms with Crippen LogP contribution in [0.15, 0.2) is 41.0 Å². The van der Waals surface area contributed by atoms with E-state index in [-0.39, 0.29) is 5.91 Å². The largest absolute Gasteiger partial charge is 0.497 e. The van der Waals surface area contributed by atoms with E-state index in [4.69, 9.17) is 10.6 Å². The van der Waals surface area contributed by atoms with Crippen LogP contribution in [0, 0.1) is 0 Å². The van der Waals surface area contributed by atoms with E-state index >= 15 is 0 Å². The maximum Gasteiger partial charge on any atom is 0.259 e. The number of ether oxygens (including phenoxy) is 1. The summed E-state index contributed by atoms with van der Waals surface area (Å²) in [5, 5.41) is 2.76. The van der Waals surface area contributed by atoms with Crippen molar-refractivity contribution in [2.24, 2.45) is 5.84 Å². The van der Waals surface area contributed by atoms with E-state index < -0.39 is 0 Å². The molecule has 6 nitrogen and oxygen atoms in total. The van der Waals surface area contributed by atoms with Crippen molar-refractivity contribution in [1.29, 1.82) is 0 Å². The molecule has 0 spiro atoms. The Hall–Kier alpha value is -2.12. The van der Waals surface area contributed by atoms with Gasteiger partial charge in [-0.05, 0) is 46.3 Å². The number of benzene rings is 1. The number of carbonyl (C=O) groups is 1. The Labute approximate surface area is 124 Å². The summed E-state index contributed by atoms with van der Waals surface area (Å²) < 4.78 is 5.75. The number of carbonyl (C=O) groups excluding carboxylic acids is 1. The van der Waals surface area contributed by atoms with Gasteiger partial charge in [0.2, 0.25) is 0 Å². The maximum atomic E-state index is 12.2. The van der Waals surface area contributed by atoms with Crippen LogP contribution in [0.5, 0.6) is 5.75 Å². The quantitative estimate of drug-likeness (QED) is 0.589. The standard InChI is InChI=1S/C13H13BrN4O2/c1-20-10-4-2-9(3-5-10)17-13(19)11-6-8(14)7-16-12(11)18-15/h2-7H,15H2,1H3,(H,16,18)(H,17,19). The molecule has 20 heavy (non-hydrogen) atoms. The molecule has 0 aliphatic rings. The van der Waals surface area contributed by atoms with Crippen LogP contribution in [0.3, 0.4) is 0 Å². The van der Waals surface area contributed by atoms with Gasteiger partial charge in [0.05, 0.1) is 12.7 Å². The van der Waals surface area contributed by atoms with E-state index in [1.54, 1.807) is 43.6 Å². The van der Waals surface area contributed by atoms with Gasteiger partial charge in [-0.1, -0.05) is 0 Å². The van der Waals surface area contributed by atoms with Gasteiger partial charge in [0.15, 0.2) is 5.82 Å². The Morgan fingerprint density at radius 3 is 2.65 bits per heavy atom. The molecule has 7 heteroatoms. The number of hydrazine groups is 1. The number of nitrogens with zero attached hydrogens (tertiary/aromatic N) is 1. The summed E-state index contributed by atoms with van der Waals surface area (Å²) in [6.07, 6.45) is 1.55. The number of hydrogen-bond donors (Lipinski definition) is 3. The first-order chi connectivity index (χ1) is 9.63. The first kappa shape index (κ1) is 14.3. The molecule has 0 bridgehead atoms. The highest BCUT2D eigenvalue weighted by Gasteiger charge is 2.13. The molecule has 0 radical (unpaired) electrons. The predicted octanol–water partition coefficient (Wildman–Crippen LogP) is 2.39. The second kappa shape index (κ2) is 6.36. The third kappa shape index (κ3) is 3.25. The monoisotopic (exact) mass is 336 g/mol. The second-order valence-electron chi connectivity index (χ2n) is 3.88. The number of methoxy groups -OCH3 is 1. The molecule has 0 unspecified atom stereocenters. The van der Waals surface area contributed by atoms with Crippen molar-refractivity contribution in [1.82, 2.24) is 4.98 Å². The van der Waals surface area contributed by atoms with E-state index in [2.05, 4.69) is 31.7 Å². The van der Waals surface area contributed by atoms with Gasteiger partial charge in [0, 0.05) is 16.4 Å². The Morgan fingerprint density at radius 1 is 1.35 bits per heavy atom. The number of halogens is 1. The summed E-state index contributed by atoms with van der Waals surface area (Å²) >= 11 is 3.27. The average molecular weight is 337 g/mol. The van der Waals surface area contributed by atoms with Crippen molar-refractivity contribution in [3.8, 4) is 5.75 Å². The van der Waals surface area contributed by atoms with Crippen LogP contribution < -0.4 is 21.3 Å². The topological polar surface area (TPSA) is 89.3 Å². The van der Waals surface area contributed by atoms with Crippen LogP contribution in [0.4, 0.5) is 11.5 Å². The van der Waals surface area contributed by atoms with Crippen molar-refractivity contribution >= 4 is 33.3 Å². The highest BCUT2D eigenvalue weighted by molar-refractivity contribution is 9.10. The number of nitrogens with one attached hydrogen (secondary N) is 2. The van der Waals surface area contributed by atoms with E-state index in [1.807, 2.05) is 0 Å². The molecule has 1 aromatic carbocycles. The maximum absolute atomic E-state index is 12.2. The first-order valence-corrected chi connectivity index (χ1v) is 6.51. The highest BCUT2D eigenvalue weighted by Crippen LogP contribution is 2.20. The minimum Gasteiger partial charge on any atom is -0.497 e. The number of nitrogens with two attached hydrogens (primary N) is 1. The van der Waals surface area contributed by atoms with Crippen LogP contribution in [0.25, 0.3) is 0 Å². The normalized spacial score (nSPS) is 9.95.